The number of aromatic nitrogens is 1. The second-order valence-electron chi connectivity index (χ2n) is 4.49. The predicted molar refractivity (Wildman–Crippen MR) is 78.5 cm³/mol. The molecule has 0 bridgehead atoms. The summed E-state index contributed by atoms with van der Waals surface area (Å²) < 4.78 is 4.66. The summed E-state index contributed by atoms with van der Waals surface area (Å²) in [5, 5.41) is 2.37. The van der Waals surface area contributed by atoms with Crippen molar-refractivity contribution in [3.8, 4) is 11.3 Å². The van der Waals surface area contributed by atoms with E-state index in [1.807, 2.05) is 24.3 Å². The molecule has 0 amide bonds. The molecule has 3 aromatic rings. The molecule has 3 nitrogen and oxygen atoms in total. The van der Waals surface area contributed by atoms with Crippen LogP contribution in [-0.4, -0.2) is 18.1 Å². The summed E-state index contributed by atoms with van der Waals surface area (Å²) in [6.07, 6.45) is 1.54. The van der Waals surface area contributed by atoms with Gasteiger partial charge in [-0.1, -0.05) is 36.4 Å². The van der Waals surface area contributed by atoms with Crippen molar-refractivity contribution in [2.75, 3.05) is 7.11 Å². The minimum Gasteiger partial charge on any atom is -0.465 e. The first kappa shape index (κ1) is 12.4. The fourth-order valence-electron chi connectivity index (χ4n) is 2.15. The van der Waals surface area contributed by atoms with Crippen LogP contribution in [0.3, 0.4) is 0 Å². The van der Waals surface area contributed by atoms with Gasteiger partial charge in [0.2, 0.25) is 0 Å². The van der Waals surface area contributed by atoms with Gasteiger partial charge in [0.25, 0.3) is 0 Å². The maximum absolute atomic E-state index is 11.4. The Labute approximate surface area is 116 Å². The summed E-state index contributed by atoms with van der Waals surface area (Å²) in [5.74, 6) is -0.373. The monoisotopic (exact) mass is 263 g/mol. The third-order valence-electron chi connectivity index (χ3n) is 3.23. The van der Waals surface area contributed by atoms with E-state index in [-0.39, 0.29) is 5.97 Å². The van der Waals surface area contributed by atoms with Gasteiger partial charge in [0, 0.05) is 11.8 Å². The molecule has 0 aliphatic carbocycles. The van der Waals surface area contributed by atoms with Gasteiger partial charge < -0.3 is 4.74 Å². The first-order valence-corrected chi connectivity index (χ1v) is 6.31. The van der Waals surface area contributed by atoms with Gasteiger partial charge in [0.15, 0.2) is 0 Å². The molecule has 0 atom stereocenters. The normalized spacial score (nSPS) is 10.4. The van der Waals surface area contributed by atoms with Crippen LogP contribution in [0.2, 0.25) is 0 Å². The smallest absolute Gasteiger partial charge is 0.339 e. The highest BCUT2D eigenvalue weighted by atomic mass is 16.5. The number of pyridine rings is 1. The number of methoxy groups -OCH3 is 1. The summed E-state index contributed by atoms with van der Waals surface area (Å²) in [6, 6.07) is 17.9. The minimum absolute atomic E-state index is 0.373. The molecule has 0 aliphatic heterocycles. The van der Waals surface area contributed by atoms with Gasteiger partial charge in [-0.3, -0.25) is 4.98 Å². The Morgan fingerprint density at radius 3 is 2.50 bits per heavy atom. The predicted octanol–water partition coefficient (Wildman–Crippen LogP) is 3.69. The number of benzene rings is 2. The van der Waals surface area contributed by atoms with Crippen molar-refractivity contribution in [2.24, 2.45) is 0 Å². The highest BCUT2D eigenvalue weighted by Gasteiger charge is 2.06. The Bertz CT molecular complexity index is 763. The van der Waals surface area contributed by atoms with E-state index in [9.17, 15) is 4.79 Å². The molecule has 0 radical (unpaired) electrons. The molecule has 0 aliphatic rings. The summed E-state index contributed by atoms with van der Waals surface area (Å²) in [7, 11) is 1.36. The van der Waals surface area contributed by atoms with Gasteiger partial charge in [0.1, 0.15) is 0 Å². The van der Waals surface area contributed by atoms with Crippen molar-refractivity contribution < 1.29 is 9.53 Å². The van der Waals surface area contributed by atoms with E-state index in [1.165, 1.54) is 24.1 Å². The van der Waals surface area contributed by atoms with Crippen molar-refractivity contribution >= 4 is 16.7 Å². The molecular formula is C17H13NO2. The number of esters is 1. The van der Waals surface area contributed by atoms with E-state index in [2.05, 4.69) is 34.0 Å². The summed E-state index contributed by atoms with van der Waals surface area (Å²) in [5.41, 5.74) is 2.32. The molecule has 2 aromatic carbocycles. The van der Waals surface area contributed by atoms with Crippen LogP contribution in [0.4, 0.5) is 0 Å². The van der Waals surface area contributed by atoms with E-state index in [4.69, 9.17) is 0 Å². The molecule has 0 unspecified atom stereocenters. The molecule has 1 heterocycles. The topological polar surface area (TPSA) is 39.2 Å². The van der Waals surface area contributed by atoms with Gasteiger partial charge in [-0.15, -0.1) is 0 Å². The van der Waals surface area contributed by atoms with Crippen LogP contribution in [0.25, 0.3) is 22.0 Å². The van der Waals surface area contributed by atoms with Gasteiger partial charge >= 0.3 is 5.97 Å². The van der Waals surface area contributed by atoms with Crippen molar-refractivity contribution in [1.82, 2.24) is 4.98 Å². The zero-order chi connectivity index (χ0) is 13.9. The molecule has 0 saturated heterocycles. The highest BCUT2D eigenvalue weighted by molar-refractivity contribution is 5.90. The lowest BCUT2D eigenvalue weighted by atomic mass is 10.0. The average Bonchev–Trinajstić information content (AvgIpc) is 2.54. The average molecular weight is 263 g/mol. The molecule has 98 valence electrons. The number of carbonyl (C=O) groups excluding carboxylic acids is 1. The fraction of sp³-hybridized carbons (Fsp3) is 0.0588. The Hall–Kier alpha value is -2.68. The summed E-state index contributed by atoms with van der Waals surface area (Å²) in [6.45, 7) is 0. The second kappa shape index (κ2) is 5.13. The second-order valence-corrected chi connectivity index (χ2v) is 4.49. The Kier molecular flexibility index (Phi) is 3.17. The molecular weight excluding hydrogens is 250 g/mol. The lowest BCUT2D eigenvalue weighted by Crippen LogP contribution is -2.01. The molecule has 0 fully saturated rings. The van der Waals surface area contributed by atoms with Gasteiger partial charge in [-0.25, -0.2) is 4.79 Å². The van der Waals surface area contributed by atoms with Crippen LogP contribution in [0.15, 0.2) is 60.8 Å². The number of ether oxygens (including phenoxy) is 1. The lowest BCUT2D eigenvalue weighted by molar-refractivity contribution is 0.0600. The van der Waals surface area contributed by atoms with E-state index >= 15 is 0 Å². The largest absolute Gasteiger partial charge is 0.465 e. The van der Waals surface area contributed by atoms with Crippen molar-refractivity contribution in [2.45, 2.75) is 0 Å². The fourth-order valence-corrected chi connectivity index (χ4v) is 2.15. The summed E-state index contributed by atoms with van der Waals surface area (Å²) in [4.78, 5) is 15.7. The number of nitrogens with zero attached hydrogens (tertiary/aromatic N) is 1. The minimum atomic E-state index is -0.373. The van der Waals surface area contributed by atoms with Crippen LogP contribution in [0.1, 0.15) is 10.4 Å². The molecule has 0 spiro atoms. The van der Waals surface area contributed by atoms with Crippen molar-refractivity contribution in [1.29, 1.82) is 0 Å². The number of hydrogen-bond acceptors (Lipinski definition) is 3. The molecule has 3 heteroatoms. The molecule has 0 N–H and O–H groups in total. The maximum atomic E-state index is 11.4. The van der Waals surface area contributed by atoms with Gasteiger partial charge in [-0.05, 0) is 29.0 Å². The molecule has 1 aromatic heterocycles. The Morgan fingerprint density at radius 1 is 1.00 bits per heavy atom. The third-order valence-corrected chi connectivity index (χ3v) is 3.23. The SMILES string of the molecule is COC(=O)c1ccc(-c2ccc3ccccc3c2)nc1. The van der Waals surface area contributed by atoms with Crippen LogP contribution in [0, 0.1) is 0 Å². The molecule has 0 saturated carbocycles. The first-order valence-electron chi connectivity index (χ1n) is 6.31. The molecule has 3 rings (SSSR count). The highest BCUT2D eigenvalue weighted by Crippen LogP contribution is 2.23. The standard InChI is InChI=1S/C17H13NO2/c1-20-17(19)15-8-9-16(18-11-15)14-7-6-12-4-2-3-5-13(12)10-14/h2-11H,1H3. The van der Waals surface area contributed by atoms with E-state index in [0.29, 0.717) is 5.56 Å². The molecule has 20 heavy (non-hydrogen) atoms. The number of hydrogen-bond donors (Lipinski definition) is 0. The third kappa shape index (κ3) is 2.26. The summed E-state index contributed by atoms with van der Waals surface area (Å²) >= 11 is 0. The van der Waals surface area contributed by atoms with E-state index in [0.717, 1.165) is 11.3 Å². The lowest BCUT2D eigenvalue weighted by Gasteiger charge is -2.04. The van der Waals surface area contributed by atoms with E-state index in [1.54, 1.807) is 6.07 Å². The van der Waals surface area contributed by atoms with Crippen LogP contribution >= 0.6 is 0 Å². The Morgan fingerprint density at radius 2 is 1.80 bits per heavy atom. The number of fused-ring (bicyclic) bond motifs is 1. The maximum Gasteiger partial charge on any atom is 0.339 e. The van der Waals surface area contributed by atoms with Crippen molar-refractivity contribution in [3.63, 3.8) is 0 Å². The zero-order valence-electron chi connectivity index (χ0n) is 11.0. The van der Waals surface area contributed by atoms with Crippen LogP contribution < -0.4 is 0 Å². The first-order chi connectivity index (χ1) is 9.78. The van der Waals surface area contributed by atoms with Crippen LogP contribution in [0.5, 0.6) is 0 Å². The van der Waals surface area contributed by atoms with Gasteiger partial charge in [0.05, 0.1) is 18.4 Å². The Balaban J connectivity index is 2.00. The zero-order valence-corrected chi connectivity index (χ0v) is 11.0. The van der Waals surface area contributed by atoms with E-state index < -0.39 is 0 Å². The van der Waals surface area contributed by atoms with Crippen molar-refractivity contribution in [3.05, 3.63) is 66.4 Å². The quantitative estimate of drug-likeness (QED) is 0.662. The number of carbonyl (C=O) groups is 1. The van der Waals surface area contributed by atoms with Gasteiger partial charge in [-0.2, -0.15) is 0 Å². The number of rotatable bonds is 2. The van der Waals surface area contributed by atoms with Crippen LogP contribution in [-0.2, 0) is 4.74 Å².